The molecule has 21 heavy (non-hydrogen) atoms. The smallest absolute Gasteiger partial charge is 0.339 e. The molecule has 8 heteroatoms. The summed E-state index contributed by atoms with van der Waals surface area (Å²) < 4.78 is 36.4. The summed E-state index contributed by atoms with van der Waals surface area (Å²) in [5, 5.41) is 9.11. The average molecular weight is 315 g/mol. The minimum atomic E-state index is -3.85. The fourth-order valence-electron chi connectivity index (χ4n) is 2.13. The van der Waals surface area contributed by atoms with Crippen molar-refractivity contribution in [2.45, 2.75) is 11.0 Å². The van der Waals surface area contributed by atoms with Gasteiger partial charge in [0.15, 0.2) is 0 Å². The number of benzene rings is 1. The average Bonchev–Trinajstić information content (AvgIpc) is 2.54. The number of carbonyl (C=O) groups is 1. The number of aliphatic hydroxyl groups excluding tert-OH is 1. The molecular weight excluding hydrogens is 298 g/mol. The van der Waals surface area contributed by atoms with E-state index in [0.717, 1.165) is 0 Å². The number of nitrogens with zero attached hydrogens (tertiary/aromatic N) is 1. The van der Waals surface area contributed by atoms with Crippen molar-refractivity contribution in [1.29, 1.82) is 0 Å². The standard InChI is InChI=1S/C13H17NO6S/c1-19-13(16)11-4-2-3-5-12(11)21(17,18)14-6-7-20-10(8-14)9-15/h2-5,10,15H,6-9H2,1H3. The van der Waals surface area contributed by atoms with Gasteiger partial charge in [-0.15, -0.1) is 0 Å². The van der Waals surface area contributed by atoms with Crippen molar-refractivity contribution in [3.05, 3.63) is 29.8 Å². The number of ether oxygens (including phenoxy) is 2. The number of carbonyl (C=O) groups excluding carboxylic acids is 1. The Morgan fingerprint density at radius 1 is 1.48 bits per heavy atom. The van der Waals surface area contributed by atoms with E-state index >= 15 is 0 Å². The van der Waals surface area contributed by atoms with Gasteiger partial charge in [0.2, 0.25) is 10.0 Å². The molecule has 0 radical (unpaired) electrons. The van der Waals surface area contributed by atoms with Crippen molar-refractivity contribution in [2.75, 3.05) is 33.4 Å². The third kappa shape index (κ3) is 3.24. The second kappa shape index (κ2) is 6.52. The Kier molecular flexibility index (Phi) is 4.94. The molecule has 116 valence electrons. The normalized spacial score (nSPS) is 20.2. The summed E-state index contributed by atoms with van der Waals surface area (Å²) in [6, 6.07) is 5.89. The zero-order valence-electron chi connectivity index (χ0n) is 11.6. The van der Waals surface area contributed by atoms with E-state index in [2.05, 4.69) is 4.74 Å². The SMILES string of the molecule is COC(=O)c1ccccc1S(=O)(=O)N1CCOC(CO)C1. The van der Waals surface area contributed by atoms with Crippen molar-refractivity contribution >= 4 is 16.0 Å². The van der Waals surface area contributed by atoms with Crippen LogP contribution in [0.15, 0.2) is 29.2 Å². The van der Waals surface area contributed by atoms with Gasteiger partial charge in [0, 0.05) is 13.1 Å². The first kappa shape index (κ1) is 15.9. The maximum absolute atomic E-state index is 12.7. The molecule has 0 bridgehead atoms. The first-order valence-electron chi connectivity index (χ1n) is 6.40. The first-order chi connectivity index (χ1) is 10.0. The quantitative estimate of drug-likeness (QED) is 0.777. The monoisotopic (exact) mass is 315 g/mol. The number of sulfonamides is 1. The summed E-state index contributed by atoms with van der Waals surface area (Å²) in [5.74, 6) is -0.707. The lowest BCUT2D eigenvalue weighted by atomic mass is 10.2. The highest BCUT2D eigenvalue weighted by Gasteiger charge is 2.33. The molecule has 1 saturated heterocycles. The van der Waals surface area contributed by atoms with Gasteiger partial charge in [0.25, 0.3) is 0 Å². The lowest BCUT2D eigenvalue weighted by Gasteiger charge is -2.31. The van der Waals surface area contributed by atoms with E-state index in [1.807, 2.05) is 0 Å². The van der Waals surface area contributed by atoms with E-state index < -0.39 is 22.1 Å². The Morgan fingerprint density at radius 2 is 2.19 bits per heavy atom. The molecular formula is C13H17NO6S. The van der Waals surface area contributed by atoms with E-state index in [1.165, 1.54) is 23.5 Å². The summed E-state index contributed by atoms with van der Waals surface area (Å²) in [7, 11) is -2.65. The Morgan fingerprint density at radius 3 is 2.86 bits per heavy atom. The fraction of sp³-hybridized carbons (Fsp3) is 0.462. The molecule has 0 amide bonds. The van der Waals surface area contributed by atoms with Gasteiger partial charge in [0.1, 0.15) is 0 Å². The lowest BCUT2D eigenvalue weighted by molar-refractivity contribution is -0.0304. The van der Waals surface area contributed by atoms with Crippen LogP contribution >= 0.6 is 0 Å². The molecule has 1 heterocycles. The van der Waals surface area contributed by atoms with Crippen molar-refractivity contribution in [3.63, 3.8) is 0 Å². The third-order valence-electron chi connectivity index (χ3n) is 3.22. The molecule has 1 fully saturated rings. The molecule has 0 aliphatic carbocycles. The van der Waals surface area contributed by atoms with Crippen molar-refractivity contribution in [2.24, 2.45) is 0 Å². The van der Waals surface area contributed by atoms with Gasteiger partial charge >= 0.3 is 5.97 Å². The summed E-state index contributed by atoms with van der Waals surface area (Å²) >= 11 is 0. The second-order valence-corrected chi connectivity index (χ2v) is 6.43. The zero-order valence-corrected chi connectivity index (χ0v) is 12.4. The number of hydrogen-bond acceptors (Lipinski definition) is 6. The largest absolute Gasteiger partial charge is 0.465 e. The molecule has 1 aromatic rings. The Bertz CT molecular complexity index is 615. The van der Waals surface area contributed by atoms with E-state index in [4.69, 9.17) is 9.84 Å². The Balaban J connectivity index is 2.38. The van der Waals surface area contributed by atoms with Gasteiger partial charge in [-0.1, -0.05) is 12.1 Å². The van der Waals surface area contributed by atoms with E-state index in [-0.39, 0.29) is 36.8 Å². The van der Waals surface area contributed by atoms with Crippen LogP contribution in [-0.2, 0) is 19.5 Å². The number of aliphatic hydroxyl groups is 1. The highest BCUT2D eigenvalue weighted by Crippen LogP contribution is 2.22. The number of hydrogen-bond donors (Lipinski definition) is 1. The van der Waals surface area contributed by atoms with Crippen molar-refractivity contribution in [1.82, 2.24) is 4.31 Å². The molecule has 0 saturated carbocycles. The van der Waals surface area contributed by atoms with Gasteiger partial charge in [-0.05, 0) is 12.1 Å². The van der Waals surface area contributed by atoms with Crippen LogP contribution in [-0.4, -0.2) is 63.3 Å². The molecule has 2 rings (SSSR count). The van der Waals surface area contributed by atoms with Crippen molar-refractivity contribution in [3.8, 4) is 0 Å². The Labute approximate surface area is 123 Å². The van der Waals surface area contributed by atoms with Gasteiger partial charge in [0.05, 0.1) is 36.9 Å². The molecule has 1 atom stereocenters. The number of rotatable bonds is 4. The van der Waals surface area contributed by atoms with Gasteiger partial charge < -0.3 is 14.6 Å². The Hall–Kier alpha value is -1.48. The van der Waals surface area contributed by atoms with Crippen LogP contribution in [0.25, 0.3) is 0 Å². The molecule has 0 spiro atoms. The van der Waals surface area contributed by atoms with Crippen molar-refractivity contribution < 1.29 is 27.8 Å². The maximum atomic E-state index is 12.7. The van der Waals surface area contributed by atoms with Crippen LogP contribution in [0.1, 0.15) is 10.4 Å². The van der Waals surface area contributed by atoms with Gasteiger partial charge in [-0.25, -0.2) is 13.2 Å². The number of methoxy groups -OCH3 is 1. The predicted molar refractivity (Wildman–Crippen MR) is 73.4 cm³/mol. The fourth-order valence-corrected chi connectivity index (χ4v) is 3.77. The summed E-state index contributed by atoms with van der Waals surface area (Å²) in [5.41, 5.74) is -0.00737. The minimum absolute atomic E-state index is 0.00737. The highest BCUT2D eigenvalue weighted by molar-refractivity contribution is 7.89. The highest BCUT2D eigenvalue weighted by atomic mass is 32.2. The second-order valence-electron chi connectivity index (χ2n) is 4.53. The van der Waals surface area contributed by atoms with E-state index in [9.17, 15) is 13.2 Å². The third-order valence-corrected chi connectivity index (χ3v) is 5.14. The molecule has 1 aliphatic rings. The van der Waals surface area contributed by atoms with E-state index in [1.54, 1.807) is 12.1 Å². The van der Waals surface area contributed by atoms with Crippen LogP contribution in [0.5, 0.6) is 0 Å². The predicted octanol–water partition coefficient (Wildman–Crippen LogP) is -0.145. The molecule has 1 aliphatic heterocycles. The molecule has 1 N–H and O–H groups in total. The van der Waals surface area contributed by atoms with Crippen LogP contribution in [0.3, 0.4) is 0 Å². The summed E-state index contributed by atoms with van der Waals surface area (Å²) in [4.78, 5) is 11.6. The molecule has 0 aromatic heterocycles. The maximum Gasteiger partial charge on any atom is 0.339 e. The first-order valence-corrected chi connectivity index (χ1v) is 7.84. The summed E-state index contributed by atoms with van der Waals surface area (Å²) in [6.07, 6.45) is -0.557. The van der Waals surface area contributed by atoms with Crippen LogP contribution < -0.4 is 0 Å². The van der Waals surface area contributed by atoms with Gasteiger partial charge in [-0.2, -0.15) is 4.31 Å². The lowest BCUT2D eigenvalue weighted by Crippen LogP contribution is -2.47. The molecule has 1 unspecified atom stereocenters. The van der Waals surface area contributed by atoms with Gasteiger partial charge in [-0.3, -0.25) is 0 Å². The summed E-state index contributed by atoms with van der Waals surface area (Å²) in [6.45, 7) is 0.165. The molecule has 1 aromatic carbocycles. The van der Waals surface area contributed by atoms with Crippen LogP contribution in [0, 0.1) is 0 Å². The van der Waals surface area contributed by atoms with E-state index in [0.29, 0.717) is 0 Å². The number of esters is 1. The number of morpholine rings is 1. The van der Waals surface area contributed by atoms with Crippen LogP contribution in [0.2, 0.25) is 0 Å². The minimum Gasteiger partial charge on any atom is -0.465 e. The zero-order chi connectivity index (χ0) is 15.5. The topological polar surface area (TPSA) is 93.1 Å². The molecule has 7 nitrogen and oxygen atoms in total. The van der Waals surface area contributed by atoms with Crippen LogP contribution in [0.4, 0.5) is 0 Å².